The smallest absolute Gasteiger partial charge is 0.0909 e. The molecule has 0 aromatic heterocycles. The number of hydrogen-bond donors (Lipinski definition) is 2. The van der Waals surface area contributed by atoms with Crippen LogP contribution in [0.2, 0.25) is 0 Å². The van der Waals surface area contributed by atoms with Gasteiger partial charge in [0.25, 0.3) is 0 Å². The van der Waals surface area contributed by atoms with E-state index in [0.29, 0.717) is 6.54 Å². The van der Waals surface area contributed by atoms with E-state index in [-0.39, 0.29) is 6.10 Å². The van der Waals surface area contributed by atoms with Crippen molar-refractivity contribution >= 4 is 0 Å². The van der Waals surface area contributed by atoms with Crippen LogP contribution in [0.3, 0.4) is 0 Å². The maximum absolute atomic E-state index is 8.58. The first-order valence-electron chi connectivity index (χ1n) is 1.98. The van der Waals surface area contributed by atoms with Crippen molar-refractivity contribution in [3.8, 4) is 0 Å². The molecule has 2 nitrogen and oxygen atoms in total. The maximum atomic E-state index is 8.58. The predicted molar refractivity (Wildman–Crippen MR) is 23.1 cm³/mol. The van der Waals surface area contributed by atoms with E-state index in [1.807, 2.05) is 0 Å². The molecule has 34 valence electrons. The van der Waals surface area contributed by atoms with Crippen LogP contribution in [-0.2, 0) is 0 Å². The van der Waals surface area contributed by atoms with Gasteiger partial charge in [0.15, 0.2) is 0 Å². The van der Waals surface area contributed by atoms with Crippen LogP contribution in [0.4, 0.5) is 0 Å². The Balaban J connectivity index is 2.38. The third-order valence-electron chi connectivity index (χ3n) is 0.763. The minimum absolute atomic E-state index is 0.245. The first-order valence-corrected chi connectivity index (χ1v) is 1.98. The van der Waals surface area contributed by atoms with Gasteiger partial charge in [-0.05, 0) is 12.3 Å². The molecule has 0 aliphatic carbocycles. The molecule has 0 spiro atoms. The normalized spacial score (nSPS) is 30.5. The van der Waals surface area contributed by atoms with Gasteiger partial charge in [-0.25, -0.2) is 0 Å². The van der Waals surface area contributed by atoms with E-state index in [1.165, 1.54) is 0 Å². The third-order valence-corrected chi connectivity index (χ3v) is 0.763. The molecule has 2 N–H and O–H groups in total. The summed E-state index contributed by atoms with van der Waals surface area (Å²) in [5.74, 6) is 0. The Morgan fingerprint density at radius 3 is 2.83 bits per heavy atom. The van der Waals surface area contributed by atoms with Crippen molar-refractivity contribution in [1.29, 1.82) is 0 Å². The van der Waals surface area contributed by atoms with Crippen LogP contribution in [0, 0.1) is 0 Å². The molecule has 0 bridgehead atoms. The Morgan fingerprint density at radius 1 is 1.83 bits per heavy atom. The van der Waals surface area contributed by atoms with Gasteiger partial charge in [0.1, 0.15) is 0 Å². The molecular formula is C4H7NO. The summed E-state index contributed by atoms with van der Waals surface area (Å²) in [7, 11) is 0. The van der Waals surface area contributed by atoms with E-state index >= 15 is 0 Å². The van der Waals surface area contributed by atoms with Crippen LogP contribution < -0.4 is 5.32 Å². The Morgan fingerprint density at radius 2 is 2.67 bits per heavy atom. The van der Waals surface area contributed by atoms with Gasteiger partial charge < -0.3 is 10.4 Å². The van der Waals surface area contributed by atoms with Crippen LogP contribution >= 0.6 is 0 Å². The van der Waals surface area contributed by atoms with Crippen LogP contribution in [0.1, 0.15) is 0 Å². The van der Waals surface area contributed by atoms with Gasteiger partial charge in [0.05, 0.1) is 6.10 Å². The fourth-order valence-electron chi connectivity index (χ4n) is 0.436. The minimum atomic E-state index is -0.245. The number of nitrogens with one attached hydrogen (secondary N) is 1. The van der Waals surface area contributed by atoms with Crippen LogP contribution in [-0.4, -0.2) is 17.8 Å². The van der Waals surface area contributed by atoms with Crippen molar-refractivity contribution in [3.05, 3.63) is 12.3 Å². The highest BCUT2D eigenvalue weighted by Gasteiger charge is 1.99. The molecular weight excluding hydrogens is 78.0 g/mol. The van der Waals surface area contributed by atoms with E-state index in [9.17, 15) is 0 Å². The maximum Gasteiger partial charge on any atom is 0.0909 e. The average molecular weight is 85.1 g/mol. The average Bonchev–Trinajstić information content (AvgIpc) is 1.86. The van der Waals surface area contributed by atoms with Crippen LogP contribution in [0.25, 0.3) is 0 Å². The zero-order valence-corrected chi connectivity index (χ0v) is 3.39. The lowest BCUT2D eigenvalue weighted by Gasteiger charge is -1.90. The SMILES string of the molecule is O[C@H]1C=CNC1. The van der Waals surface area contributed by atoms with Gasteiger partial charge >= 0.3 is 0 Å². The van der Waals surface area contributed by atoms with Crippen molar-refractivity contribution in [1.82, 2.24) is 5.32 Å². The molecule has 1 rings (SSSR count). The van der Waals surface area contributed by atoms with Gasteiger partial charge in [-0.1, -0.05) is 0 Å². The van der Waals surface area contributed by atoms with Crippen molar-refractivity contribution in [2.75, 3.05) is 6.54 Å². The summed E-state index contributed by atoms with van der Waals surface area (Å²) >= 11 is 0. The fraction of sp³-hybridized carbons (Fsp3) is 0.500. The molecule has 0 saturated heterocycles. The molecule has 0 aromatic rings. The predicted octanol–water partition coefficient (Wildman–Crippen LogP) is -0.536. The summed E-state index contributed by atoms with van der Waals surface area (Å²) in [6.45, 7) is 0.681. The molecule has 2 heteroatoms. The quantitative estimate of drug-likeness (QED) is 0.414. The standard InChI is InChI=1S/C4H7NO/c6-4-1-2-5-3-4/h1-2,4-6H,3H2/t4-/m0/s1. The van der Waals surface area contributed by atoms with E-state index in [1.54, 1.807) is 12.3 Å². The highest BCUT2D eigenvalue weighted by Crippen LogP contribution is 1.87. The Bertz CT molecular complexity index is 69.9. The fourth-order valence-corrected chi connectivity index (χ4v) is 0.436. The topological polar surface area (TPSA) is 32.3 Å². The van der Waals surface area contributed by atoms with E-state index in [0.717, 1.165) is 0 Å². The summed E-state index contributed by atoms with van der Waals surface area (Å²) in [4.78, 5) is 0. The van der Waals surface area contributed by atoms with Crippen molar-refractivity contribution in [2.24, 2.45) is 0 Å². The van der Waals surface area contributed by atoms with Crippen molar-refractivity contribution in [3.63, 3.8) is 0 Å². The highest BCUT2D eigenvalue weighted by molar-refractivity contribution is 4.95. The van der Waals surface area contributed by atoms with E-state index in [2.05, 4.69) is 5.32 Å². The highest BCUT2D eigenvalue weighted by atomic mass is 16.3. The van der Waals surface area contributed by atoms with E-state index in [4.69, 9.17) is 5.11 Å². The molecule has 1 heterocycles. The lowest BCUT2D eigenvalue weighted by atomic mass is 10.4. The van der Waals surface area contributed by atoms with Gasteiger partial charge in [0, 0.05) is 6.54 Å². The number of aliphatic hydroxyl groups is 1. The summed E-state index contributed by atoms with van der Waals surface area (Å²) < 4.78 is 0. The lowest BCUT2D eigenvalue weighted by Crippen LogP contribution is -2.11. The first kappa shape index (κ1) is 3.68. The first-order chi connectivity index (χ1) is 2.89. The van der Waals surface area contributed by atoms with Gasteiger partial charge in [-0.15, -0.1) is 0 Å². The lowest BCUT2D eigenvalue weighted by molar-refractivity contribution is 0.234. The second-order valence-electron chi connectivity index (χ2n) is 1.33. The number of hydrogen-bond acceptors (Lipinski definition) is 2. The summed E-state index contributed by atoms with van der Waals surface area (Å²) in [6.07, 6.45) is 3.23. The van der Waals surface area contributed by atoms with Crippen molar-refractivity contribution < 1.29 is 5.11 Å². The molecule has 0 radical (unpaired) electrons. The molecule has 0 saturated carbocycles. The molecule has 0 aromatic carbocycles. The van der Waals surface area contributed by atoms with Gasteiger partial charge in [-0.3, -0.25) is 0 Å². The number of β-amino-alcohol motifs (C(OH)–C–C–N with tert-alkyl or cyclic N) is 1. The zero-order chi connectivity index (χ0) is 4.41. The molecule has 6 heavy (non-hydrogen) atoms. The molecule has 1 atom stereocenters. The number of aliphatic hydroxyl groups excluding tert-OH is 1. The Labute approximate surface area is 36.5 Å². The van der Waals surface area contributed by atoms with Crippen LogP contribution in [0.5, 0.6) is 0 Å². The van der Waals surface area contributed by atoms with Crippen LogP contribution in [0.15, 0.2) is 12.3 Å². The van der Waals surface area contributed by atoms with Crippen molar-refractivity contribution in [2.45, 2.75) is 6.10 Å². The summed E-state index contributed by atoms with van der Waals surface area (Å²) in [5, 5.41) is 11.4. The largest absolute Gasteiger partial charge is 0.388 e. The minimum Gasteiger partial charge on any atom is -0.388 e. The second-order valence-corrected chi connectivity index (χ2v) is 1.33. The Kier molecular flexibility index (Phi) is 0.801. The Hall–Kier alpha value is -0.500. The molecule has 0 amide bonds. The number of rotatable bonds is 0. The van der Waals surface area contributed by atoms with Gasteiger partial charge in [0.2, 0.25) is 0 Å². The third kappa shape index (κ3) is 0.518. The molecule has 0 fully saturated rings. The monoisotopic (exact) mass is 85.1 g/mol. The second kappa shape index (κ2) is 1.30. The molecule has 1 aliphatic heterocycles. The molecule has 1 aliphatic rings. The zero-order valence-electron chi connectivity index (χ0n) is 3.39. The molecule has 0 unspecified atom stereocenters. The van der Waals surface area contributed by atoms with Gasteiger partial charge in [-0.2, -0.15) is 0 Å². The van der Waals surface area contributed by atoms with E-state index < -0.39 is 0 Å². The summed E-state index contributed by atoms with van der Waals surface area (Å²) in [5.41, 5.74) is 0. The summed E-state index contributed by atoms with van der Waals surface area (Å²) in [6, 6.07) is 0.